The molecule has 16 heteroatoms. The van der Waals surface area contributed by atoms with Gasteiger partial charge in [0, 0.05) is 0 Å². The summed E-state index contributed by atoms with van der Waals surface area (Å²) >= 11 is 0. The smallest absolute Gasteiger partial charge is 0.435 e. The second-order valence-corrected chi connectivity index (χ2v) is 6.32. The molecule has 4 unspecified atom stereocenters. The Balaban J connectivity index is 4.06. The fraction of sp³-hybridized carbons (Fsp3) is 0.923. The maximum atomic E-state index is 14.8. The summed E-state index contributed by atoms with van der Waals surface area (Å²) in [4.78, 5) is 10.5. The van der Waals surface area contributed by atoms with Gasteiger partial charge in [0.2, 0.25) is 0 Å². The summed E-state index contributed by atoms with van der Waals surface area (Å²) in [6.07, 6.45) is -33.0. The van der Waals surface area contributed by atoms with Gasteiger partial charge in [0.1, 0.15) is 0 Å². The van der Waals surface area contributed by atoms with Crippen molar-refractivity contribution >= 4 is 6.47 Å². The fourth-order valence-corrected chi connectivity index (χ4v) is 3.59. The topological polar surface area (TPSA) is 66.8 Å². The Morgan fingerprint density at radius 1 is 0.793 bits per heavy atom. The van der Waals surface area contributed by atoms with Crippen LogP contribution in [0.25, 0.3) is 0 Å². The first-order valence-corrected chi connectivity index (χ1v) is 7.42. The molecular formula is C13H11F12O4. The number of ether oxygens (including phenoxy) is 1. The van der Waals surface area contributed by atoms with Crippen molar-refractivity contribution in [1.29, 1.82) is 0 Å². The molecule has 0 aromatic carbocycles. The van der Waals surface area contributed by atoms with Crippen molar-refractivity contribution in [3.63, 3.8) is 0 Å². The summed E-state index contributed by atoms with van der Waals surface area (Å²) in [5, 5.41) is 17.0. The Kier molecular flexibility index (Phi) is 6.23. The molecule has 1 aliphatic carbocycles. The van der Waals surface area contributed by atoms with Gasteiger partial charge in [-0.05, 0) is 19.3 Å². The molecule has 0 aromatic rings. The highest BCUT2D eigenvalue weighted by atomic mass is 19.4. The zero-order valence-electron chi connectivity index (χ0n) is 13.7. The minimum absolute atomic E-state index is 0.0619. The van der Waals surface area contributed by atoms with Gasteiger partial charge in [-0.3, -0.25) is 0 Å². The number of hydrogen-bond acceptors (Lipinski definition) is 4. The van der Waals surface area contributed by atoms with E-state index in [1.807, 2.05) is 0 Å². The van der Waals surface area contributed by atoms with Gasteiger partial charge in [-0.15, -0.1) is 0 Å². The normalized spacial score (nSPS) is 29.0. The zero-order valence-corrected chi connectivity index (χ0v) is 13.7. The predicted molar refractivity (Wildman–Crippen MR) is 65.6 cm³/mol. The summed E-state index contributed by atoms with van der Waals surface area (Å²) in [5.41, 5.74) is -18.3. The Hall–Kier alpha value is -1.45. The third-order valence-corrected chi connectivity index (χ3v) is 4.80. The van der Waals surface area contributed by atoms with Crippen LogP contribution < -0.4 is 0 Å². The third kappa shape index (κ3) is 3.51. The van der Waals surface area contributed by atoms with Gasteiger partial charge in [0.15, 0.2) is 5.60 Å². The van der Waals surface area contributed by atoms with Gasteiger partial charge in [0.25, 0.3) is 0 Å². The van der Waals surface area contributed by atoms with Crippen molar-refractivity contribution in [3.8, 4) is 0 Å². The lowest BCUT2D eigenvalue weighted by Crippen LogP contribution is -2.78. The molecule has 0 bridgehead atoms. The zero-order chi connectivity index (χ0) is 23.3. The second-order valence-electron chi connectivity index (χ2n) is 6.32. The second kappa shape index (κ2) is 7.06. The Morgan fingerprint density at radius 2 is 1.28 bits per heavy atom. The van der Waals surface area contributed by atoms with Crippen molar-refractivity contribution in [1.82, 2.24) is 0 Å². The standard InChI is InChI=1S/C13H11F12O4/c14-8(10(16,17)18,12(22,23)27)6-3-1-2-4-7(6,29-5-26)9(15,11(19,20)21)13(24,25)28/h6,27-28H,1-4H2. The van der Waals surface area contributed by atoms with Crippen LogP contribution in [0.4, 0.5) is 52.7 Å². The lowest BCUT2D eigenvalue weighted by Gasteiger charge is -2.54. The molecule has 0 aromatic heterocycles. The van der Waals surface area contributed by atoms with Crippen molar-refractivity contribution in [3.05, 3.63) is 0 Å². The van der Waals surface area contributed by atoms with Gasteiger partial charge in [-0.25, -0.2) is 13.6 Å². The predicted octanol–water partition coefficient (Wildman–Crippen LogP) is 3.71. The van der Waals surface area contributed by atoms with E-state index in [-0.39, 0.29) is 6.47 Å². The summed E-state index contributed by atoms with van der Waals surface area (Å²) < 4.78 is 165. The lowest BCUT2D eigenvalue weighted by molar-refractivity contribution is -0.444. The van der Waals surface area contributed by atoms with Crippen LogP contribution in [0.5, 0.6) is 0 Å². The highest BCUT2D eigenvalue weighted by molar-refractivity contribution is 5.42. The highest BCUT2D eigenvalue weighted by Gasteiger charge is 2.89. The fourth-order valence-electron chi connectivity index (χ4n) is 3.59. The number of alkyl halides is 12. The Bertz CT molecular complexity index is 577. The number of rotatable bonds is 6. The first-order valence-electron chi connectivity index (χ1n) is 7.42. The maximum absolute atomic E-state index is 14.8. The molecule has 2 N–H and O–H groups in total. The van der Waals surface area contributed by atoms with Crippen molar-refractivity contribution < 1.29 is 72.4 Å². The van der Waals surface area contributed by atoms with Gasteiger partial charge >= 0.3 is 42.4 Å². The molecule has 1 radical (unpaired) electrons. The molecule has 1 aliphatic rings. The molecular weight excluding hydrogens is 448 g/mol. The monoisotopic (exact) mass is 459 g/mol. The van der Waals surface area contributed by atoms with Crippen LogP contribution >= 0.6 is 0 Å². The van der Waals surface area contributed by atoms with E-state index >= 15 is 0 Å². The third-order valence-electron chi connectivity index (χ3n) is 4.80. The molecule has 4 atom stereocenters. The van der Waals surface area contributed by atoms with E-state index in [1.54, 1.807) is 0 Å². The van der Waals surface area contributed by atoms with Crippen LogP contribution in [0, 0.1) is 5.92 Å². The molecule has 0 amide bonds. The van der Waals surface area contributed by atoms with Gasteiger partial charge in [-0.1, -0.05) is 6.42 Å². The average molecular weight is 459 g/mol. The number of hydrogen-bond donors (Lipinski definition) is 2. The maximum Gasteiger partial charge on any atom is 0.435 e. The molecule has 29 heavy (non-hydrogen) atoms. The number of halogens is 12. The van der Waals surface area contributed by atoms with Gasteiger partial charge in [0.05, 0.1) is 5.92 Å². The van der Waals surface area contributed by atoms with Crippen LogP contribution in [-0.2, 0) is 9.53 Å². The van der Waals surface area contributed by atoms with Crippen LogP contribution in [0.3, 0.4) is 0 Å². The molecule has 1 rings (SSSR count). The molecule has 0 aliphatic heterocycles. The minimum Gasteiger partial charge on any atom is -0.446 e. The Morgan fingerprint density at radius 3 is 1.59 bits per heavy atom. The number of carbonyl (C=O) groups excluding carboxylic acids is 1. The van der Waals surface area contributed by atoms with E-state index in [2.05, 4.69) is 4.74 Å². The van der Waals surface area contributed by atoms with E-state index in [0.717, 1.165) is 0 Å². The van der Waals surface area contributed by atoms with Crippen molar-refractivity contribution in [2.24, 2.45) is 5.92 Å². The Labute approximate surface area is 153 Å². The van der Waals surface area contributed by atoms with Gasteiger partial charge < -0.3 is 14.9 Å². The summed E-state index contributed by atoms with van der Waals surface area (Å²) in [7, 11) is 0. The van der Waals surface area contributed by atoms with Crippen molar-refractivity contribution in [2.75, 3.05) is 0 Å². The van der Waals surface area contributed by atoms with E-state index in [1.165, 1.54) is 0 Å². The van der Waals surface area contributed by atoms with Crippen LogP contribution in [0.15, 0.2) is 0 Å². The van der Waals surface area contributed by atoms with Crippen LogP contribution in [-0.4, -0.2) is 58.2 Å². The molecule has 4 nitrogen and oxygen atoms in total. The van der Waals surface area contributed by atoms with E-state index < -0.39 is 73.1 Å². The molecule has 1 fully saturated rings. The SMILES string of the molecule is O=[C]OC1(C(F)(C(O)(F)F)C(F)(F)F)CCCCC1C(F)(C(O)(F)F)C(F)(F)F. The van der Waals surface area contributed by atoms with E-state index in [4.69, 9.17) is 10.2 Å². The van der Waals surface area contributed by atoms with Crippen LogP contribution in [0.1, 0.15) is 25.7 Å². The molecule has 1 saturated carbocycles. The largest absolute Gasteiger partial charge is 0.446 e. The summed E-state index contributed by atoms with van der Waals surface area (Å²) in [5.74, 6) is -4.27. The first-order chi connectivity index (χ1) is 12.6. The average Bonchev–Trinajstić information content (AvgIpc) is 2.49. The molecule has 0 spiro atoms. The first kappa shape index (κ1) is 25.6. The van der Waals surface area contributed by atoms with Gasteiger partial charge in [-0.2, -0.15) is 43.9 Å². The quantitative estimate of drug-likeness (QED) is 0.595. The van der Waals surface area contributed by atoms with Crippen LogP contribution in [0.2, 0.25) is 0 Å². The molecule has 0 heterocycles. The molecule has 171 valence electrons. The number of aliphatic hydroxyl groups is 2. The van der Waals surface area contributed by atoms with E-state index in [9.17, 15) is 57.5 Å². The minimum atomic E-state index is -7.07. The van der Waals surface area contributed by atoms with E-state index in [0.29, 0.717) is 0 Å². The lowest BCUT2D eigenvalue weighted by atomic mass is 9.60. The summed E-state index contributed by atoms with van der Waals surface area (Å²) in [6.45, 7) is -0.0619. The van der Waals surface area contributed by atoms with Crippen molar-refractivity contribution in [2.45, 2.75) is 67.2 Å². The highest BCUT2D eigenvalue weighted by Crippen LogP contribution is 2.64. The molecule has 0 saturated heterocycles. The summed E-state index contributed by atoms with van der Waals surface area (Å²) in [6, 6.07) is 0.